The summed E-state index contributed by atoms with van der Waals surface area (Å²) in [7, 11) is 0. The van der Waals surface area contributed by atoms with E-state index < -0.39 is 18.2 Å². The lowest BCUT2D eigenvalue weighted by Crippen LogP contribution is -2.51. The minimum atomic E-state index is -0.564. The SMILES string of the molecule is CCCCCCOC(=O)C1CCCN1C(=O)C1CCCN1C(=O)OCCCl. The molecule has 2 rings (SSSR count). The molecule has 7 nitrogen and oxygen atoms in total. The van der Waals surface area contributed by atoms with Gasteiger partial charge in [-0.3, -0.25) is 9.69 Å². The number of hydrogen-bond acceptors (Lipinski definition) is 5. The highest BCUT2D eigenvalue weighted by molar-refractivity contribution is 6.18. The summed E-state index contributed by atoms with van der Waals surface area (Å²) >= 11 is 5.56. The van der Waals surface area contributed by atoms with Crippen LogP contribution < -0.4 is 0 Å². The molecule has 8 heteroatoms. The van der Waals surface area contributed by atoms with E-state index in [4.69, 9.17) is 21.1 Å². The summed E-state index contributed by atoms with van der Waals surface area (Å²) in [5.41, 5.74) is 0. The largest absolute Gasteiger partial charge is 0.464 e. The third kappa shape index (κ3) is 5.99. The zero-order chi connectivity index (χ0) is 19.6. The predicted octanol–water partition coefficient (Wildman–Crippen LogP) is 2.94. The maximum Gasteiger partial charge on any atom is 0.410 e. The number of likely N-dealkylation sites (tertiary alicyclic amines) is 2. The van der Waals surface area contributed by atoms with Crippen LogP contribution in [0.2, 0.25) is 0 Å². The Morgan fingerprint density at radius 2 is 1.63 bits per heavy atom. The van der Waals surface area contributed by atoms with Crippen LogP contribution in [0.4, 0.5) is 4.79 Å². The second kappa shape index (κ2) is 11.4. The molecule has 2 fully saturated rings. The minimum absolute atomic E-state index is 0.120. The average Bonchev–Trinajstić information content (AvgIpc) is 3.34. The molecule has 2 aliphatic rings. The highest BCUT2D eigenvalue weighted by Gasteiger charge is 2.43. The molecule has 2 unspecified atom stereocenters. The molecule has 0 aromatic heterocycles. The van der Waals surface area contributed by atoms with Gasteiger partial charge in [-0.15, -0.1) is 11.6 Å². The zero-order valence-corrected chi connectivity index (χ0v) is 16.9. The summed E-state index contributed by atoms with van der Waals surface area (Å²) in [5.74, 6) is -0.288. The molecule has 0 aromatic carbocycles. The number of esters is 1. The monoisotopic (exact) mass is 402 g/mol. The molecule has 0 saturated carbocycles. The van der Waals surface area contributed by atoms with E-state index in [9.17, 15) is 14.4 Å². The van der Waals surface area contributed by atoms with E-state index >= 15 is 0 Å². The normalized spacial score (nSPS) is 22.1. The van der Waals surface area contributed by atoms with Gasteiger partial charge in [0.2, 0.25) is 5.91 Å². The number of carbonyl (C=O) groups is 3. The molecule has 0 aromatic rings. The fourth-order valence-electron chi connectivity index (χ4n) is 3.72. The van der Waals surface area contributed by atoms with Crippen LogP contribution in [-0.4, -0.2) is 72.0 Å². The molecule has 0 bridgehead atoms. The first-order valence-corrected chi connectivity index (χ1v) is 10.6. The Labute approximate surface area is 166 Å². The molecule has 2 heterocycles. The van der Waals surface area contributed by atoms with Crippen molar-refractivity contribution in [3.63, 3.8) is 0 Å². The van der Waals surface area contributed by atoms with Crippen molar-refractivity contribution in [2.75, 3.05) is 32.2 Å². The number of rotatable bonds is 9. The smallest absolute Gasteiger partial charge is 0.410 e. The maximum atomic E-state index is 13.0. The molecule has 0 spiro atoms. The predicted molar refractivity (Wildman–Crippen MR) is 102 cm³/mol. The van der Waals surface area contributed by atoms with E-state index in [0.717, 1.165) is 38.5 Å². The average molecular weight is 403 g/mol. The van der Waals surface area contributed by atoms with Crippen LogP contribution >= 0.6 is 11.6 Å². The van der Waals surface area contributed by atoms with Gasteiger partial charge in [0.05, 0.1) is 12.5 Å². The maximum absolute atomic E-state index is 13.0. The Hall–Kier alpha value is -1.50. The standard InChI is InChI=1S/C19H31ClN2O5/c1-2-3-4-5-13-26-18(24)16-9-7-11-21(16)17(23)15-8-6-12-22(15)19(25)27-14-10-20/h15-16H,2-14H2,1H3. The quantitative estimate of drug-likeness (QED) is 0.336. The number of amides is 2. The summed E-state index contributed by atoms with van der Waals surface area (Å²) in [6, 6.07) is -1.10. The molecular weight excluding hydrogens is 372 g/mol. The van der Waals surface area contributed by atoms with Gasteiger partial charge in [0.15, 0.2) is 0 Å². The Morgan fingerprint density at radius 1 is 0.926 bits per heavy atom. The number of carbonyl (C=O) groups excluding carboxylic acids is 3. The van der Waals surface area contributed by atoms with E-state index in [2.05, 4.69) is 6.92 Å². The molecule has 154 valence electrons. The van der Waals surface area contributed by atoms with Gasteiger partial charge < -0.3 is 14.4 Å². The number of ether oxygens (including phenoxy) is 2. The van der Waals surface area contributed by atoms with Crippen LogP contribution in [0.15, 0.2) is 0 Å². The summed E-state index contributed by atoms with van der Waals surface area (Å²) in [5, 5.41) is 0. The van der Waals surface area contributed by atoms with E-state index in [1.54, 1.807) is 4.90 Å². The lowest BCUT2D eigenvalue weighted by Gasteiger charge is -2.30. The number of nitrogens with zero attached hydrogens (tertiary/aromatic N) is 2. The lowest BCUT2D eigenvalue weighted by molar-refractivity contribution is -0.154. The summed E-state index contributed by atoms with van der Waals surface area (Å²) in [6.45, 7) is 3.66. The van der Waals surface area contributed by atoms with Crippen molar-refractivity contribution in [2.45, 2.75) is 70.4 Å². The van der Waals surface area contributed by atoms with Crippen molar-refractivity contribution in [1.82, 2.24) is 9.80 Å². The van der Waals surface area contributed by atoms with Gasteiger partial charge in [0, 0.05) is 13.1 Å². The molecule has 2 amide bonds. The zero-order valence-electron chi connectivity index (χ0n) is 16.2. The first-order chi connectivity index (χ1) is 13.1. The number of halogens is 1. The van der Waals surface area contributed by atoms with Gasteiger partial charge in [-0.25, -0.2) is 9.59 Å². The Balaban J connectivity index is 1.89. The van der Waals surface area contributed by atoms with Crippen molar-refractivity contribution in [2.24, 2.45) is 0 Å². The molecule has 27 heavy (non-hydrogen) atoms. The van der Waals surface area contributed by atoms with Gasteiger partial charge in [-0.1, -0.05) is 26.2 Å². The van der Waals surface area contributed by atoms with Crippen LogP contribution in [-0.2, 0) is 19.1 Å². The summed E-state index contributed by atoms with van der Waals surface area (Å²) in [4.78, 5) is 40.6. The van der Waals surface area contributed by atoms with Gasteiger partial charge in [-0.05, 0) is 32.1 Å². The molecule has 0 N–H and O–H groups in total. The fourth-order valence-corrected chi connectivity index (χ4v) is 3.79. The summed E-state index contributed by atoms with van der Waals surface area (Å²) < 4.78 is 10.5. The molecule has 2 aliphatic heterocycles. The molecule has 0 radical (unpaired) electrons. The molecular formula is C19H31ClN2O5. The molecule has 2 saturated heterocycles. The Bertz CT molecular complexity index is 516. The van der Waals surface area contributed by atoms with Crippen molar-refractivity contribution in [1.29, 1.82) is 0 Å². The van der Waals surface area contributed by atoms with Crippen LogP contribution in [0.25, 0.3) is 0 Å². The topological polar surface area (TPSA) is 76.2 Å². The Kier molecular flexibility index (Phi) is 9.18. The summed E-state index contributed by atoms with van der Waals surface area (Å²) in [6.07, 6.45) is 6.35. The fraction of sp³-hybridized carbons (Fsp3) is 0.842. The van der Waals surface area contributed by atoms with Crippen molar-refractivity contribution in [3.05, 3.63) is 0 Å². The lowest BCUT2D eigenvalue weighted by atomic mass is 10.1. The molecule has 0 aliphatic carbocycles. The van der Waals surface area contributed by atoms with Gasteiger partial charge in [0.1, 0.15) is 18.7 Å². The third-order valence-corrected chi connectivity index (χ3v) is 5.28. The second-order valence-electron chi connectivity index (χ2n) is 7.07. The second-order valence-corrected chi connectivity index (χ2v) is 7.45. The first-order valence-electron chi connectivity index (χ1n) is 10.1. The van der Waals surface area contributed by atoms with Crippen LogP contribution in [0.1, 0.15) is 58.3 Å². The number of unbranched alkanes of at least 4 members (excludes halogenated alkanes) is 3. The first kappa shape index (κ1) is 21.8. The van der Waals surface area contributed by atoms with E-state index in [-0.39, 0.29) is 24.4 Å². The minimum Gasteiger partial charge on any atom is -0.464 e. The van der Waals surface area contributed by atoms with Crippen molar-refractivity contribution in [3.8, 4) is 0 Å². The van der Waals surface area contributed by atoms with E-state index in [0.29, 0.717) is 32.5 Å². The van der Waals surface area contributed by atoms with Gasteiger partial charge >= 0.3 is 12.1 Å². The Morgan fingerprint density at radius 3 is 2.33 bits per heavy atom. The van der Waals surface area contributed by atoms with Crippen molar-refractivity contribution < 1.29 is 23.9 Å². The van der Waals surface area contributed by atoms with Crippen molar-refractivity contribution >= 4 is 29.6 Å². The third-order valence-electron chi connectivity index (χ3n) is 5.13. The highest BCUT2D eigenvalue weighted by atomic mass is 35.5. The van der Waals surface area contributed by atoms with Crippen LogP contribution in [0.5, 0.6) is 0 Å². The number of alkyl halides is 1. The number of hydrogen-bond donors (Lipinski definition) is 0. The van der Waals surface area contributed by atoms with Gasteiger partial charge in [0.25, 0.3) is 0 Å². The van der Waals surface area contributed by atoms with E-state index in [1.807, 2.05) is 0 Å². The van der Waals surface area contributed by atoms with E-state index in [1.165, 1.54) is 4.90 Å². The molecule has 2 atom stereocenters. The highest BCUT2D eigenvalue weighted by Crippen LogP contribution is 2.26. The van der Waals surface area contributed by atoms with Crippen LogP contribution in [0, 0.1) is 0 Å². The van der Waals surface area contributed by atoms with Gasteiger partial charge in [-0.2, -0.15) is 0 Å². The van der Waals surface area contributed by atoms with Crippen LogP contribution in [0.3, 0.4) is 0 Å².